The quantitative estimate of drug-likeness (QED) is 0.753. The molecule has 1 aromatic rings. The summed E-state index contributed by atoms with van der Waals surface area (Å²) in [5, 5.41) is 10.6. The molecule has 1 N–H and O–H groups in total. The van der Waals surface area contributed by atoms with Gasteiger partial charge >= 0.3 is 0 Å². The molecule has 1 aliphatic heterocycles. The fourth-order valence-corrected chi connectivity index (χ4v) is 1.82. The Morgan fingerprint density at radius 2 is 2.53 bits per heavy atom. The Hall–Kier alpha value is -0.950. The number of nitrogens with one attached hydrogen (secondary N) is 1. The largest absolute Gasteiger partial charge is 0.378 e. The highest BCUT2D eigenvalue weighted by Gasteiger charge is 2.28. The van der Waals surface area contributed by atoms with Gasteiger partial charge < -0.3 is 10.1 Å². The number of alkyl halides is 1. The van der Waals surface area contributed by atoms with Crippen LogP contribution in [0.3, 0.4) is 0 Å². The molecule has 2 heterocycles. The molecule has 1 aromatic heterocycles. The number of aryl methyl sites for hydroxylation is 1. The van der Waals surface area contributed by atoms with Crippen LogP contribution in [0, 0.1) is 0 Å². The summed E-state index contributed by atoms with van der Waals surface area (Å²) in [5.41, 5.74) is 0.323. The van der Waals surface area contributed by atoms with Crippen LogP contribution in [0.2, 0.25) is 0 Å². The molecule has 0 aromatic carbocycles. The molecule has 0 saturated carbocycles. The van der Waals surface area contributed by atoms with Gasteiger partial charge in [0.15, 0.2) is 5.69 Å². The summed E-state index contributed by atoms with van der Waals surface area (Å²) < 4.78 is 5.21. The number of nitrogens with zero attached hydrogens (tertiary/aromatic N) is 3. The van der Waals surface area contributed by atoms with Crippen molar-refractivity contribution in [3.63, 3.8) is 0 Å². The lowest BCUT2D eigenvalue weighted by Crippen LogP contribution is -2.40. The van der Waals surface area contributed by atoms with Crippen LogP contribution < -0.4 is 5.32 Å². The molecule has 0 radical (unpaired) electrons. The molecule has 0 bridgehead atoms. The predicted octanol–water partition coefficient (Wildman–Crippen LogP) is -0.293. The van der Waals surface area contributed by atoms with E-state index in [1.807, 2.05) is 0 Å². The molecule has 0 aliphatic carbocycles. The van der Waals surface area contributed by atoms with E-state index in [4.69, 9.17) is 4.74 Å². The van der Waals surface area contributed by atoms with Crippen LogP contribution in [-0.4, -0.2) is 45.0 Å². The zero-order chi connectivity index (χ0) is 10.8. The Morgan fingerprint density at radius 1 is 1.73 bits per heavy atom. The van der Waals surface area contributed by atoms with Crippen molar-refractivity contribution in [3.8, 4) is 0 Å². The third kappa shape index (κ3) is 2.35. The molecule has 2 atom stereocenters. The maximum atomic E-state index is 11.7. The lowest BCUT2D eigenvalue weighted by atomic mass is 10.2. The monoisotopic (exact) mass is 274 g/mol. The highest BCUT2D eigenvalue weighted by Crippen LogP contribution is 2.14. The zero-order valence-corrected chi connectivity index (χ0v) is 9.77. The maximum absolute atomic E-state index is 11.7. The number of rotatable bonds is 2. The van der Waals surface area contributed by atoms with Crippen molar-refractivity contribution in [2.75, 3.05) is 13.2 Å². The van der Waals surface area contributed by atoms with Gasteiger partial charge in [-0.25, -0.2) is 0 Å². The number of hydrogen-bond donors (Lipinski definition) is 1. The van der Waals surface area contributed by atoms with Crippen molar-refractivity contribution >= 4 is 21.8 Å². The van der Waals surface area contributed by atoms with Crippen molar-refractivity contribution in [2.24, 2.45) is 7.05 Å². The molecular formula is C8H11BrN4O2. The summed E-state index contributed by atoms with van der Waals surface area (Å²) in [6, 6.07) is -0.000457. The Bertz CT molecular complexity index is 367. The number of carbonyl (C=O) groups excluding carboxylic acids is 1. The van der Waals surface area contributed by atoms with Crippen molar-refractivity contribution in [3.05, 3.63) is 11.9 Å². The second-order valence-corrected chi connectivity index (χ2v) is 4.53. The van der Waals surface area contributed by atoms with Gasteiger partial charge in [0.2, 0.25) is 0 Å². The SMILES string of the molecule is Cn1ncc(C(=O)NC2COCC2Br)n1. The van der Waals surface area contributed by atoms with Crippen molar-refractivity contribution in [1.29, 1.82) is 0 Å². The molecule has 1 fully saturated rings. The van der Waals surface area contributed by atoms with Gasteiger partial charge in [-0.3, -0.25) is 4.79 Å². The van der Waals surface area contributed by atoms with E-state index in [1.54, 1.807) is 7.05 Å². The molecule has 82 valence electrons. The minimum atomic E-state index is -0.219. The summed E-state index contributed by atoms with van der Waals surface area (Å²) in [6.45, 7) is 1.15. The van der Waals surface area contributed by atoms with E-state index in [9.17, 15) is 4.79 Å². The smallest absolute Gasteiger partial charge is 0.273 e. The lowest BCUT2D eigenvalue weighted by Gasteiger charge is -2.12. The molecule has 7 heteroatoms. The minimum absolute atomic E-state index is 0.000457. The number of ether oxygens (including phenoxy) is 1. The normalized spacial score (nSPS) is 25.5. The van der Waals surface area contributed by atoms with E-state index in [2.05, 4.69) is 31.4 Å². The van der Waals surface area contributed by atoms with Gasteiger partial charge in [-0.1, -0.05) is 15.9 Å². The summed E-state index contributed by atoms with van der Waals surface area (Å²) in [6.07, 6.45) is 1.44. The molecule has 1 amide bonds. The average Bonchev–Trinajstić information content (AvgIpc) is 2.77. The van der Waals surface area contributed by atoms with E-state index < -0.39 is 0 Å². The first kappa shape index (κ1) is 10.6. The second kappa shape index (κ2) is 4.28. The molecule has 15 heavy (non-hydrogen) atoms. The third-order valence-electron chi connectivity index (χ3n) is 2.16. The van der Waals surface area contributed by atoms with Gasteiger partial charge in [0, 0.05) is 7.05 Å². The van der Waals surface area contributed by atoms with Crippen LogP contribution in [0.4, 0.5) is 0 Å². The minimum Gasteiger partial charge on any atom is -0.378 e. The van der Waals surface area contributed by atoms with Crippen LogP contribution in [0.15, 0.2) is 6.20 Å². The lowest BCUT2D eigenvalue weighted by molar-refractivity contribution is 0.0924. The van der Waals surface area contributed by atoms with Gasteiger partial charge in [-0.15, -0.1) is 5.10 Å². The van der Waals surface area contributed by atoms with Gasteiger partial charge in [0.05, 0.1) is 30.3 Å². The third-order valence-corrected chi connectivity index (χ3v) is 3.06. The maximum Gasteiger partial charge on any atom is 0.273 e. The molecule has 1 saturated heterocycles. The van der Waals surface area contributed by atoms with Gasteiger partial charge in [0.25, 0.3) is 5.91 Å². The molecule has 0 spiro atoms. The van der Waals surface area contributed by atoms with Crippen LogP contribution >= 0.6 is 15.9 Å². The van der Waals surface area contributed by atoms with Crippen LogP contribution in [0.1, 0.15) is 10.5 Å². The van der Waals surface area contributed by atoms with Crippen LogP contribution in [-0.2, 0) is 11.8 Å². The molecular weight excluding hydrogens is 264 g/mol. The van der Waals surface area contributed by atoms with E-state index in [1.165, 1.54) is 11.0 Å². The van der Waals surface area contributed by atoms with E-state index in [0.717, 1.165) is 0 Å². The number of aromatic nitrogens is 3. The van der Waals surface area contributed by atoms with Crippen LogP contribution in [0.5, 0.6) is 0 Å². The fourth-order valence-electron chi connectivity index (χ4n) is 1.35. The standard InChI is InChI=1S/C8H11BrN4O2/c1-13-10-2-6(12-13)8(14)11-7-4-15-3-5(7)9/h2,5,7H,3-4H2,1H3,(H,11,14). The van der Waals surface area contributed by atoms with Crippen LogP contribution in [0.25, 0.3) is 0 Å². The van der Waals surface area contributed by atoms with E-state index in [0.29, 0.717) is 18.9 Å². The first-order valence-electron chi connectivity index (χ1n) is 4.56. The van der Waals surface area contributed by atoms with Gasteiger partial charge in [0.1, 0.15) is 0 Å². The Balaban J connectivity index is 1.97. The highest BCUT2D eigenvalue weighted by molar-refractivity contribution is 9.09. The van der Waals surface area contributed by atoms with Crippen molar-refractivity contribution in [1.82, 2.24) is 20.3 Å². The molecule has 2 rings (SSSR count). The Morgan fingerprint density at radius 3 is 3.07 bits per heavy atom. The van der Waals surface area contributed by atoms with E-state index >= 15 is 0 Å². The summed E-state index contributed by atoms with van der Waals surface area (Å²) in [5.74, 6) is -0.219. The number of hydrogen-bond acceptors (Lipinski definition) is 4. The van der Waals surface area contributed by atoms with Crippen molar-refractivity contribution in [2.45, 2.75) is 10.9 Å². The number of amides is 1. The first-order chi connectivity index (χ1) is 7.16. The molecule has 6 nitrogen and oxygen atoms in total. The summed E-state index contributed by atoms with van der Waals surface area (Å²) in [4.78, 5) is 13.2. The topological polar surface area (TPSA) is 69.0 Å². The van der Waals surface area contributed by atoms with Gasteiger partial charge in [-0.2, -0.15) is 9.90 Å². The highest BCUT2D eigenvalue weighted by atomic mass is 79.9. The predicted molar refractivity (Wildman–Crippen MR) is 55.8 cm³/mol. The number of halogens is 1. The Kier molecular flexibility index (Phi) is 3.01. The zero-order valence-electron chi connectivity index (χ0n) is 8.18. The summed E-state index contributed by atoms with van der Waals surface area (Å²) in [7, 11) is 1.67. The average molecular weight is 275 g/mol. The van der Waals surface area contributed by atoms with E-state index in [-0.39, 0.29) is 16.8 Å². The second-order valence-electron chi connectivity index (χ2n) is 3.35. The number of carbonyl (C=O) groups is 1. The Labute approximate surface area is 95.1 Å². The van der Waals surface area contributed by atoms with Crippen molar-refractivity contribution < 1.29 is 9.53 Å². The fraction of sp³-hybridized carbons (Fsp3) is 0.625. The molecule has 2 unspecified atom stereocenters. The first-order valence-corrected chi connectivity index (χ1v) is 5.47. The van der Waals surface area contributed by atoms with Gasteiger partial charge in [-0.05, 0) is 0 Å². The molecule has 1 aliphatic rings. The summed E-state index contributed by atoms with van der Waals surface area (Å²) >= 11 is 3.43.